The van der Waals surface area contributed by atoms with Gasteiger partial charge in [0.05, 0.1) is 28.3 Å². The lowest BCUT2D eigenvalue weighted by atomic mass is 10.2. The van der Waals surface area contributed by atoms with Crippen LogP contribution in [0.25, 0.3) is 11.4 Å². The van der Waals surface area contributed by atoms with Gasteiger partial charge < -0.3 is 5.32 Å². The predicted molar refractivity (Wildman–Crippen MR) is 113 cm³/mol. The largest absolute Gasteiger partial charge is 0.351 e. The van der Waals surface area contributed by atoms with Crippen molar-refractivity contribution in [2.24, 2.45) is 0 Å². The van der Waals surface area contributed by atoms with E-state index in [1.807, 2.05) is 42.6 Å². The molecule has 1 amide bonds. The summed E-state index contributed by atoms with van der Waals surface area (Å²) in [7, 11) is 0. The van der Waals surface area contributed by atoms with Crippen LogP contribution in [0.15, 0.2) is 66.9 Å². The van der Waals surface area contributed by atoms with E-state index in [0.29, 0.717) is 29.9 Å². The molecule has 2 aromatic heterocycles. The molecule has 0 aliphatic carbocycles. The van der Waals surface area contributed by atoms with E-state index in [0.717, 1.165) is 11.4 Å². The average Bonchev–Trinajstić information content (AvgIpc) is 3.33. The van der Waals surface area contributed by atoms with Crippen LogP contribution < -0.4 is 5.32 Å². The second-order valence-electron chi connectivity index (χ2n) is 6.73. The van der Waals surface area contributed by atoms with Crippen molar-refractivity contribution in [1.29, 1.82) is 0 Å². The second-order valence-corrected chi connectivity index (χ2v) is 7.09. The summed E-state index contributed by atoms with van der Waals surface area (Å²) in [6.45, 7) is 2.12. The summed E-state index contributed by atoms with van der Waals surface area (Å²) in [5.41, 5.74) is 3.22. The molecule has 0 bridgehead atoms. The lowest BCUT2D eigenvalue weighted by Crippen LogP contribution is -2.26. The first-order valence-corrected chi connectivity index (χ1v) is 9.80. The molecule has 152 valence electrons. The Labute approximate surface area is 177 Å². The Hall–Kier alpha value is -3.45. The molecule has 0 saturated carbocycles. The van der Waals surface area contributed by atoms with E-state index < -0.39 is 0 Å². The van der Waals surface area contributed by atoms with Crippen LogP contribution >= 0.6 is 11.6 Å². The standard InChI is InChI=1S/C22H19ClFN5O/c1-15-20(21(23)29(26-15)19-9-7-16(24)8-10-19)22(30)25-13-11-17-12-14-28(27-17)18-5-3-2-4-6-18/h2-10,12,14H,11,13H2,1H3,(H,25,30). The van der Waals surface area contributed by atoms with Gasteiger partial charge in [0.15, 0.2) is 0 Å². The van der Waals surface area contributed by atoms with Gasteiger partial charge in [0.1, 0.15) is 11.0 Å². The quantitative estimate of drug-likeness (QED) is 0.507. The van der Waals surface area contributed by atoms with Gasteiger partial charge >= 0.3 is 0 Å². The maximum Gasteiger partial charge on any atom is 0.256 e. The number of carbonyl (C=O) groups excluding carboxylic acids is 1. The Kier molecular flexibility index (Phi) is 5.63. The molecule has 4 rings (SSSR count). The van der Waals surface area contributed by atoms with E-state index in [2.05, 4.69) is 15.5 Å². The van der Waals surface area contributed by atoms with Gasteiger partial charge in [-0.05, 0) is 49.4 Å². The van der Waals surface area contributed by atoms with Crippen LogP contribution in [0, 0.1) is 12.7 Å². The Balaban J connectivity index is 1.41. The lowest BCUT2D eigenvalue weighted by Gasteiger charge is -2.05. The van der Waals surface area contributed by atoms with Crippen LogP contribution in [-0.2, 0) is 6.42 Å². The van der Waals surface area contributed by atoms with Crippen molar-refractivity contribution in [2.45, 2.75) is 13.3 Å². The number of nitrogens with zero attached hydrogens (tertiary/aromatic N) is 4. The molecule has 4 aromatic rings. The number of benzene rings is 2. The smallest absolute Gasteiger partial charge is 0.256 e. The number of hydrogen-bond donors (Lipinski definition) is 1. The summed E-state index contributed by atoms with van der Waals surface area (Å²) in [5, 5.41) is 11.9. The number of para-hydroxylation sites is 1. The molecule has 0 atom stereocenters. The van der Waals surface area contributed by atoms with Gasteiger partial charge in [0, 0.05) is 19.2 Å². The number of aromatic nitrogens is 4. The summed E-state index contributed by atoms with van der Waals surface area (Å²) >= 11 is 6.40. The zero-order valence-corrected chi connectivity index (χ0v) is 17.0. The van der Waals surface area contributed by atoms with E-state index in [-0.39, 0.29) is 16.9 Å². The molecule has 0 radical (unpaired) electrons. The molecule has 8 heteroatoms. The minimum Gasteiger partial charge on any atom is -0.351 e. The SMILES string of the molecule is Cc1nn(-c2ccc(F)cc2)c(Cl)c1C(=O)NCCc1ccn(-c2ccccc2)n1. The highest BCUT2D eigenvalue weighted by atomic mass is 35.5. The van der Waals surface area contributed by atoms with Crippen molar-refractivity contribution in [3.05, 3.63) is 94.8 Å². The molecule has 0 aliphatic rings. The minimum absolute atomic E-state index is 0.185. The van der Waals surface area contributed by atoms with Crippen molar-refractivity contribution in [2.75, 3.05) is 6.54 Å². The third-order valence-corrected chi connectivity index (χ3v) is 4.98. The fraction of sp³-hybridized carbons (Fsp3) is 0.136. The summed E-state index contributed by atoms with van der Waals surface area (Å²) < 4.78 is 16.4. The topological polar surface area (TPSA) is 64.7 Å². The van der Waals surface area contributed by atoms with Gasteiger partial charge in [-0.15, -0.1) is 0 Å². The Morgan fingerprint density at radius 1 is 1.03 bits per heavy atom. The Morgan fingerprint density at radius 2 is 1.77 bits per heavy atom. The van der Waals surface area contributed by atoms with E-state index in [4.69, 9.17) is 11.6 Å². The number of nitrogens with one attached hydrogen (secondary N) is 1. The van der Waals surface area contributed by atoms with Gasteiger partial charge in [-0.25, -0.2) is 13.8 Å². The molecule has 2 aromatic carbocycles. The highest BCUT2D eigenvalue weighted by Gasteiger charge is 2.21. The monoisotopic (exact) mass is 423 g/mol. The van der Waals surface area contributed by atoms with Crippen LogP contribution in [-0.4, -0.2) is 32.0 Å². The Morgan fingerprint density at radius 3 is 2.50 bits per heavy atom. The molecule has 1 N–H and O–H groups in total. The van der Waals surface area contributed by atoms with Gasteiger partial charge in [0.25, 0.3) is 5.91 Å². The number of rotatable bonds is 6. The molecular weight excluding hydrogens is 405 g/mol. The molecule has 0 spiro atoms. The van der Waals surface area contributed by atoms with Gasteiger partial charge in [0.2, 0.25) is 0 Å². The van der Waals surface area contributed by atoms with E-state index >= 15 is 0 Å². The van der Waals surface area contributed by atoms with Crippen LogP contribution in [0.3, 0.4) is 0 Å². The highest BCUT2D eigenvalue weighted by Crippen LogP contribution is 2.23. The second kappa shape index (κ2) is 8.51. The third kappa shape index (κ3) is 4.11. The van der Waals surface area contributed by atoms with Crippen molar-refractivity contribution < 1.29 is 9.18 Å². The van der Waals surface area contributed by atoms with Gasteiger partial charge in [-0.3, -0.25) is 4.79 Å². The number of hydrogen-bond acceptors (Lipinski definition) is 3. The minimum atomic E-state index is -0.355. The molecule has 2 heterocycles. The average molecular weight is 424 g/mol. The summed E-state index contributed by atoms with van der Waals surface area (Å²) in [6.07, 6.45) is 2.47. The summed E-state index contributed by atoms with van der Waals surface area (Å²) in [5.74, 6) is -0.667. The highest BCUT2D eigenvalue weighted by molar-refractivity contribution is 6.33. The molecule has 0 fully saturated rings. The van der Waals surface area contributed by atoms with Crippen LogP contribution in [0.2, 0.25) is 5.15 Å². The third-order valence-electron chi connectivity index (χ3n) is 4.63. The first kappa shape index (κ1) is 19.8. The van der Waals surface area contributed by atoms with Crippen LogP contribution in [0.1, 0.15) is 21.7 Å². The first-order valence-electron chi connectivity index (χ1n) is 9.42. The predicted octanol–water partition coefficient (Wildman–Crippen LogP) is 4.13. The summed E-state index contributed by atoms with van der Waals surface area (Å²) in [4.78, 5) is 12.7. The fourth-order valence-electron chi connectivity index (χ4n) is 3.12. The molecule has 0 aliphatic heterocycles. The number of carbonyl (C=O) groups is 1. The van der Waals surface area contributed by atoms with Crippen molar-refractivity contribution >= 4 is 17.5 Å². The van der Waals surface area contributed by atoms with E-state index in [9.17, 15) is 9.18 Å². The first-order chi connectivity index (χ1) is 14.5. The van der Waals surface area contributed by atoms with E-state index in [1.54, 1.807) is 23.7 Å². The zero-order chi connectivity index (χ0) is 21.1. The summed E-state index contributed by atoms with van der Waals surface area (Å²) in [6, 6.07) is 17.5. The molecule has 0 unspecified atom stereocenters. The van der Waals surface area contributed by atoms with E-state index in [1.165, 1.54) is 16.8 Å². The van der Waals surface area contributed by atoms with Crippen LogP contribution in [0.5, 0.6) is 0 Å². The maximum absolute atomic E-state index is 13.2. The number of halogens is 2. The number of aryl methyl sites for hydroxylation is 1. The number of amides is 1. The van der Waals surface area contributed by atoms with Crippen molar-refractivity contribution in [3.8, 4) is 11.4 Å². The van der Waals surface area contributed by atoms with Crippen molar-refractivity contribution in [1.82, 2.24) is 24.9 Å². The van der Waals surface area contributed by atoms with Gasteiger partial charge in [-0.1, -0.05) is 29.8 Å². The molecule has 0 saturated heterocycles. The normalized spacial score (nSPS) is 10.9. The van der Waals surface area contributed by atoms with Crippen molar-refractivity contribution in [3.63, 3.8) is 0 Å². The lowest BCUT2D eigenvalue weighted by molar-refractivity contribution is 0.0953. The molecule has 30 heavy (non-hydrogen) atoms. The van der Waals surface area contributed by atoms with Gasteiger partial charge in [-0.2, -0.15) is 10.2 Å². The maximum atomic E-state index is 13.2. The zero-order valence-electron chi connectivity index (χ0n) is 16.2. The fourth-order valence-corrected chi connectivity index (χ4v) is 3.48. The molecular formula is C22H19ClFN5O. The van der Waals surface area contributed by atoms with Crippen LogP contribution in [0.4, 0.5) is 4.39 Å². The molecule has 6 nitrogen and oxygen atoms in total. The Bertz CT molecular complexity index is 1170.